The Kier molecular flexibility index (Phi) is 3.60. The van der Waals surface area contributed by atoms with Crippen molar-refractivity contribution in [2.24, 2.45) is 0 Å². The van der Waals surface area contributed by atoms with Crippen LogP contribution in [0, 0.1) is 12.7 Å². The van der Waals surface area contributed by atoms with E-state index >= 15 is 0 Å². The van der Waals surface area contributed by atoms with E-state index in [1.165, 1.54) is 18.6 Å². The zero-order chi connectivity index (χ0) is 11.4. The second kappa shape index (κ2) is 5.15. The summed E-state index contributed by atoms with van der Waals surface area (Å²) in [6.07, 6.45) is 6.99. The van der Waals surface area contributed by atoms with Gasteiger partial charge in [-0.3, -0.25) is 0 Å². The van der Waals surface area contributed by atoms with E-state index in [0.717, 1.165) is 42.2 Å². The molecule has 1 heterocycles. The molecular weight excluding hydrogens is 203 g/mol. The average Bonchev–Trinajstić information content (AvgIpc) is 2.67. The lowest BCUT2D eigenvalue weighted by atomic mass is 10.1. The Morgan fingerprint density at radius 1 is 1.19 bits per heavy atom. The molecule has 0 atom stereocenters. The molecule has 0 N–H and O–H groups in total. The summed E-state index contributed by atoms with van der Waals surface area (Å²) >= 11 is 0. The molecule has 16 heavy (non-hydrogen) atoms. The van der Waals surface area contributed by atoms with Gasteiger partial charge in [0.05, 0.1) is 6.26 Å². The molecule has 0 aliphatic rings. The highest BCUT2D eigenvalue weighted by Gasteiger charge is 2.06. The van der Waals surface area contributed by atoms with Gasteiger partial charge in [-0.25, -0.2) is 4.39 Å². The lowest BCUT2D eigenvalue weighted by Gasteiger charge is -1.98. The summed E-state index contributed by atoms with van der Waals surface area (Å²) in [5.41, 5.74) is 0. The Morgan fingerprint density at radius 2 is 2.06 bits per heavy atom. The minimum atomic E-state index is -0.211. The molecule has 0 saturated heterocycles. The van der Waals surface area contributed by atoms with Crippen molar-refractivity contribution in [3.8, 4) is 0 Å². The molecule has 0 fully saturated rings. The smallest absolute Gasteiger partial charge is 0.123 e. The van der Waals surface area contributed by atoms with Gasteiger partial charge >= 0.3 is 0 Å². The first-order valence-corrected chi connectivity index (χ1v) is 5.76. The van der Waals surface area contributed by atoms with Crippen LogP contribution in [0.4, 0.5) is 4.39 Å². The Hall–Kier alpha value is -1.31. The van der Waals surface area contributed by atoms with Crippen LogP contribution in [-0.4, -0.2) is 0 Å². The van der Waals surface area contributed by atoms with Crippen molar-refractivity contribution in [2.45, 2.75) is 32.1 Å². The molecule has 1 aromatic carbocycles. The minimum Gasteiger partial charge on any atom is -0.468 e. The van der Waals surface area contributed by atoms with Crippen molar-refractivity contribution in [1.82, 2.24) is 0 Å². The van der Waals surface area contributed by atoms with Crippen LogP contribution in [-0.2, 0) is 6.42 Å². The number of fused-ring (bicyclic) bond motifs is 1. The second-order valence-electron chi connectivity index (χ2n) is 4.05. The first kappa shape index (κ1) is 11.2. The van der Waals surface area contributed by atoms with Gasteiger partial charge in [0.1, 0.15) is 11.6 Å². The number of rotatable bonds is 5. The van der Waals surface area contributed by atoms with Gasteiger partial charge in [-0.1, -0.05) is 26.2 Å². The molecule has 1 aromatic heterocycles. The van der Waals surface area contributed by atoms with Gasteiger partial charge in [0.2, 0.25) is 0 Å². The molecule has 2 aromatic rings. The summed E-state index contributed by atoms with van der Waals surface area (Å²) in [4.78, 5) is 0. The molecule has 2 heteroatoms. The molecule has 0 saturated carbocycles. The van der Waals surface area contributed by atoms with Crippen molar-refractivity contribution in [3.63, 3.8) is 0 Å². The Balaban J connectivity index is 2.07. The number of hydrogen-bond acceptors (Lipinski definition) is 1. The second-order valence-corrected chi connectivity index (χ2v) is 4.05. The molecule has 85 valence electrons. The molecule has 0 aliphatic carbocycles. The predicted octanol–water partition coefficient (Wildman–Crippen LogP) is 4.51. The van der Waals surface area contributed by atoms with Crippen LogP contribution in [0.1, 0.15) is 31.4 Å². The van der Waals surface area contributed by atoms with E-state index in [2.05, 4.69) is 6.92 Å². The highest BCUT2D eigenvalue weighted by molar-refractivity contribution is 5.84. The molecule has 1 radical (unpaired) electrons. The summed E-state index contributed by atoms with van der Waals surface area (Å²) in [7, 11) is 0. The van der Waals surface area contributed by atoms with E-state index < -0.39 is 0 Å². The summed E-state index contributed by atoms with van der Waals surface area (Å²) in [6, 6.07) is 4.79. The summed E-state index contributed by atoms with van der Waals surface area (Å²) < 4.78 is 18.4. The van der Waals surface area contributed by atoms with E-state index in [1.807, 2.05) is 0 Å². The largest absolute Gasteiger partial charge is 0.468 e. The summed E-state index contributed by atoms with van der Waals surface area (Å²) in [5.74, 6) is 0.760. The summed E-state index contributed by atoms with van der Waals surface area (Å²) in [6.45, 7) is 3.81. The van der Waals surface area contributed by atoms with Gasteiger partial charge in [0.25, 0.3) is 0 Å². The van der Waals surface area contributed by atoms with Crippen molar-refractivity contribution in [3.05, 3.63) is 43.0 Å². The van der Waals surface area contributed by atoms with Gasteiger partial charge < -0.3 is 4.42 Å². The predicted molar refractivity (Wildman–Crippen MR) is 63.7 cm³/mol. The van der Waals surface area contributed by atoms with Crippen LogP contribution in [0.15, 0.2) is 28.9 Å². The monoisotopic (exact) mass is 219 g/mol. The van der Waals surface area contributed by atoms with Gasteiger partial charge in [-0.05, 0) is 24.6 Å². The fourth-order valence-corrected chi connectivity index (χ4v) is 1.92. The number of unbranched alkanes of at least 4 members (excludes halogenated alkanes) is 3. The topological polar surface area (TPSA) is 13.1 Å². The highest BCUT2D eigenvalue weighted by atomic mass is 19.1. The SMILES string of the molecule is [CH2]CCCCCc1occ2cc(F)ccc12. The lowest BCUT2D eigenvalue weighted by molar-refractivity contribution is 0.501. The molecular formula is C14H16FO. The zero-order valence-corrected chi connectivity index (χ0v) is 9.34. The van der Waals surface area contributed by atoms with E-state index in [4.69, 9.17) is 4.42 Å². The molecule has 0 unspecified atom stereocenters. The standard InChI is InChI=1S/C14H16FO/c1-2-3-4-5-6-14-13-8-7-12(15)9-11(13)10-16-14/h7-10H,1-6H2. The molecule has 0 spiro atoms. The third-order valence-electron chi connectivity index (χ3n) is 2.80. The van der Waals surface area contributed by atoms with Crippen LogP contribution in [0.2, 0.25) is 0 Å². The molecule has 0 amide bonds. The fourth-order valence-electron chi connectivity index (χ4n) is 1.92. The number of furan rings is 1. The maximum absolute atomic E-state index is 12.9. The van der Waals surface area contributed by atoms with Crippen LogP contribution in [0.3, 0.4) is 0 Å². The summed E-state index contributed by atoms with van der Waals surface area (Å²) in [5, 5.41) is 1.89. The number of halogens is 1. The van der Waals surface area contributed by atoms with Crippen LogP contribution in [0.5, 0.6) is 0 Å². The number of aryl methyl sites for hydroxylation is 1. The van der Waals surface area contributed by atoms with E-state index in [9.17, 15) is 4.39 Å². The quantitative estimate of drug-likeness (QED) is 0.674. The maximum atomic E-state index is 12.9. The van der Waals surface area contributed by atoms with Gasteiger partial charge in [0, 0.05) is 17.2 Å². The van der Waals surface area contributed by atoms with Gasteiger partial charge in [0.15, 0.2) is 0 Å². The van der Waals surface area contributed by atoms with Crippen LogP contribution >= 0.6 is 0 Å². The Labute approximate surface area is 95.3 Å². The maximum Gasteiger partial charge on any atom is 0.123 e. The zero-order valence-electron chi connectivity index (χ0n) is 9.34. The lowest BCUT2D eigenvalue weighted by Crippen LogP contribution is -1.84. The fraction of sp³-hybridized carbons (Fsp3) is 0.357. The molecule has 0 aliphatic heterocycles. The van der Waals surface area contributed by atoms with E-state index in [-0.39, 0.29) is 5.82 Å². The third kappa shape index (κ3) is 2.43. The number of benzene rings is 1. The van der Waals surface area contributed by atoms with Crippen molar-refractivity contribution in [1.29, 1.82) is 0 Å². The normalized spacial score (nSPS) is 11.1. The first-order chi connectivity index (χ1) is 7.81. The van der Waals surface area contributed by atoms with Crippen molar-refractivity contribution >= 4 is 10.8 Å². The molecule has 1 nitrogen and oxygen atoms in total. The molecule has 2 rings (SSSR count). The van der Waals surface area contributed by atoms with Crippen LogP contribution in [0.25, 0.3) is 10.8 Å². The minimum absolute atomic E-state index is 0.211. The Morgan fingerprint density at radius 3 is 2.88 bits per heavy atom. The Bertz CT molecular complexity index is 459. The number of hydrogen-bond donors (Lipinski definition) is 0. The van der Waals surface area contributed by atoms with Gasteiger partial charge in [-0.2, -0.15) is 0 Å². The van der Waals surface area contributed by atoms with E-state index in [0.29, 0.717) is 0 Å². The van der Waals surface area contributed by atoms with Crippen molar-refractivity contribution < 1.29 is 8.81 Å². The van der Waals surface area contributed by atoms with Crippen molar-refractivity contribution in [2.75, 3.05) is 0 Å². The van der Waals surface area contributed by atoms with E-state index in [1.54, 1.807) is 12.3 Å². The van der Waals surface area contributed by atoms with Gasteiger partial charge in [-0.15, -0.1) is 0 Å². The highest BCUT2D eigenvalue weighted by Crippen LogP contribution is 2.23. The molecule has 0 bridgehead atoms. The average molecular weight is 219 g/mol. The third-order valence-corrected chi connectivity index (χ3v) is 2.80. The van der Waals surface area contributed by atoms with Crippen LogP contribution < -0.4 is 0 Å². The first-order valence-electron chi connectivity index (χ1n) is 5.76.